The second-order valence-electron chi connectivity index (χ2n) is 7.42. The molecule has 1 aliphatic heterocycles. The van der Waals surface area contributed by atoms with E-state index < -0.39 is 0 Å². The van der Waals surface area contributed by atoms with Crippen LogP contribution in [0.1, 0.15) is 57.7 Å². The van der Waals surface area contributed by atoms with Gasteiger partial charge < -0.3 is 4.74 Å². The Morgan fingerprint density at radius 2 is 1.78 bits per heavy atom. The van der Waals surface area contributed by atoms with Crippen LogP contribution in [0.4, 0.5) is 0 Å². The average Bonchev–Trinajstić information content (AvgIpc) is 2.96. The number of allylic oxidation sites excluding steroid dienone is 2. The number of benzene rings is 1. The van der Waals surface area contributed by atoms with Crippen molar-refractivity contribution in [1.82, 2.24) is 0 Å². The Hall–Kier alpha value is -1.83. The summed E-state index contributed by atoms with van der Waals surface area (Å²) in [6, 6.07) is 9.65. The van der Waals surface area contributed by atoms with Crippen molar-refractivity contribution >= 4 is 11.5 Å². The molecule has 0 N–H and O–H groups in total. The lowest BCUT2D eigenvalue weighted by Crippen LogP contribution is -2.34. The van der Waals surface area contributed by atoms with Gasteiger partial charge in [-0.2, -0.15) is 4.58 Å². The molecule has 0 aromatic heterocycles. The molecule has 2 aliphatic carbocycles. The predicted molar refractivity (Wildman–Crippen MR) is 94.6 cm³/mol. The fourth-order valence-electron chi connectivity index (χ4n) is 4.32. The van der Waals surface area contributed by atoms with Gasteiger partial charge in [0.05, 0.1) is 5.92 Å². The third-order valence-corrected chi connectivity index (χ3v) is 5.21. The Morgan fingerprint density at radius 3 is 2.52 bits per heavy atom. The molecule has 120 valence electrons. The first-order chi connectivity index (χ1) is 11.1. The summed E-state index contributed by atoms with van der Waals surface area (Å²) in [5.74, 6) is 1.56. The van der Waals surface area contributed by atoms with Crippen molar-refractivity contribution in [3.63, 3.8) is 0 Å². The van der Waals surface area contributed by atoms with Gasteiger partial charge in [0, 0.05) is 11.1 Å². The Kier molecular flexibility index (Phi) is 3.44. The van der Waals surface area contributed by atoms with Crippen molar-refractivity contribution in [2.75, 3.05) is 0 Å². The molecule has 0 bridgehead atoms. The van der Waals surface area contributed by atoms with Crippen LogP contribution in [-0.4, -0.2) is 22.6 Å². The van der Waals surface area contributed by atoms with Crippen LogP contribution in [-0.2, 0) is 4.74 Å². The van der Waals surface area contributed by atoms with Gasteiger partial charge in [-0.3, -0.25) is 0 Å². The van der Waals surface area contributed by atoms with Gasteiger partial charge in [0.1, 0.15) is 0 Å². The zero-order valence-corrected chi connectivity index (χ0v) is 14.5. The number of hydrogen-bond donors (Lipinski definition) is 0. The van der Waals surface area contributed by atoms with Gasteiger partial charge in [0.25, 0.3) is 0 Å². The minimum atomic E-state index is 0.149. The zero-order chi connectivity index (χ0) is 16.1. The average molecular weight is 308 g/mol. The molecule has 23 heavy (non-hydrogen) atoms. The summed E-state index contributed by atoms with van der Waals surface area (Å²) in [7, 11) is 0. The Labute approximate surface area is 139 Å². The van der Waals surface area contributed by atoms with Crippen molar-refractivity contribution in [3.8, 4) is 0 Å². The first kappa shape index (κ1) is 14.7. The van der Waals surface area contributed by atoms with E-state index in [0.29, 0.717) is 18.0 Å². The van der Waals surface area contributed by atoms with Crippen LogP contribution in [0.2, 0.25) is 0 Å². The minimum Gasteiger partial charge on any atom is -0.432 e. The topological polar surface area (TPSA) is 12.2 Å². The van der Waals surface area contributed by atoms with Crippen molar-refractivity contribution in [1.29, 1.82) is 0 Å². The van der Waals surface area contributed by atoms with Crippen LogP contribution in [0.3, 0.4) is 0 Å². The highest BCUT2D eigenvalue weighted by molar-refractivity contribution is 5.87. The summed E-state index contributed by atoms with van der Waals surface area (Å²) < 4.78 is 9.07. The summed E-state index contributed by atoms with van der Waals surface area (Å²) in [5, 5.41) is 0. The van der Waals surface area contributed by atoms with Gasteiger partial charge in [0.15, 0.2) is 12.1 Å². The zero-order valence-electron chi connectivity index (χ0n) is 14.5. The maximum Gasteiger partial charge on any atom is 0.340 e. The van der Waals surface area contributed by atoms with E-state index >= 15 is 0 Å². The minimum absolute atomic E-state index is 0.149. The van der Waals surface area contributed by atoms with E-state index in [1.165, 1.54) is 22.3 Å². The Bertz CT molecular complexity index is 736. The van der Waals surface area contributed by atoms with Gasteiger partial charge in [-0.1, -0.05) is 36.4 Å². The van der Waals surface area contributed by atoms with E-state index in [-0.39, 0.29) is 6.10 Å². The molecule has 0 amide bonds. The highest BCUT2D eigenvalue weighted by Crippen LogP contribution is 2.48. The normalized spacial score (nSPS) is 25.7. The molecule has 0 spiro atoms. The first-order valence-corrected chi connectivity index (χ1v) is 8.91. The number of nitrogens with zero attached hydrogens (tertiary/aromatic N) is 1. The van der Waals surface area contributed by atoms with Crippen molar-refractivity contribution < 1.29 is 9.31 Å². The van der Waals surface area contributed by atoms with Crippen LogP contribution in [0.5, 0.6) is 0 Å². The number of fused-ring (bicyclic) bond motifs is 6. The molecule has 2 atom stereocenters. The van der Waals surface area contributed by atoms with Gasteiger partial charge in [-0.15, -0.1) is 0 Å². The molecule has 3 aliphatic rings. The second-order valence-corrected chi connectivity index (χ2v) is 7.42. The van der Waals surface area contributed by atoms with E-state index in [0.717, 1.165) is 18.7 Å². The van der Waals surface area contributed by atoms with E-state index in [2.05, 4.69) is 68.7 Å². The molecule has 0 radical (unpaired) electrons. The summed E-state index contributed by atoms with van der Waals surface area (Å²) in [6.07, 6.45) is 7.23. The molecule has 2 heteroatoms. The second kappa shape index (κ2) is 5.36. The Balaban J connectivity index is 1.95. The predicted octanol–water partition coefficient (Wildman–Crippen LogP) is 4.72. The van der Waals surface area contributed by atoms with Crippen LogP contribution in [0.25, 0.3) is 5.57 Å². The Morgan fingerprint density at radius 1 is 1.04 bits per heavy atom. The lowest BCUT2D eigenvalue weighted by molar-refractivity contribution is -0.595. The van der Waals surface area contributed by atoms with Gasteiger partial charge in [-0.05, 0) is 51.7 Å². The summed E-state index contributed by atoms with van der Waals surface area (Å²) in [6.45, 7) is 9.02. The van der Waals surface area contributed by atoms with E-state index in [1.807, 2.05) is 0 Å². The van der Waals surface area contributed by atoms with E-state index in [1.54, 1.807) is 0 Å². The molecule has 1 heterocycles. The lowest BCUT2D eigenvalue weighted by Gasteiger charge is -2.31. The van der Waals surface area contributed by atoms with Crippen molar-refractivity contribution in [3.05, 3.63) is 53.1 Å². The third kappa shape index (κ3) is 2.11. The largest absolute Gasteiger partial charge is 0.432 e. The van der Waals surface area contributed by atoms with Crippen LogP contribution < -0.4 is 0 Å². The molecular weight excluding hydrogens is 282 g/mol. The van der Waals surface area contributed by atoms with Gasteiger partial charge in [0.2, 0.25) is 6.04 Å². The molecule has 0 fully saturated rings. The van der Waals surface area contributed by atoms with Crippen molar-refractivity contribution in [2.45, 2.75) is 58.7 Å². The molecule has 0 saturated heterocycles. The third-order valence-electron chi connectivity index (χ3n) is 5.21. The standard InChI is InChI=1S/C21H26NO/c1-13(2)21-22(14(3)4)19-17-11-7-5-9-15(17)16-10-6-8-12-18(16)20(19)23-21/h5,7,9-14,19-20H,6,8H2,1-4H3/q+1/t19-,20+/m0/s1. The summed E-state index contributed by atoms with van der Waals surface area (Å²) >= 11 is 0. The summed E-state index contributed by atoms with van der Waals surface area (Å²) in [4.78, 5) is 0. The SMILES string of the molecule is CC(C)C1=[N+](C(C)C)[C@H]2c3ccccc3C3=CCCC=C3[C@H]2O1. The van der Waals surface area contributed by atoms with E-state index in [4.69, 9.17) is 4.74 Å². The number of ether oxygens (including phenoxy) is 1. The van der Waals surface area contributed by atoms with Gasteiger partial charge >= 0.3 is 5.90 Å². The number of rotatable bonds is 2. The molecule has 1 aromatic rings. The fourth-order valence-corrected chi connectivity index (χ4v) is 4.32. The maximum absolute atomic E-state index is 6.56. The molecule has 2 nitrogen and oxygen atoms in total. The lowest BCUT2D eigenvalue weighted by atomic mass is 9.76. The fraction of sp³-hybridized carbons (Fsp3) is 0.476. The molecule has 0 saturated carbocycles. The van der Waals surface area contributed by atoms with Gasteiger partial charge in [-0.25, -0.2) is 0 Å². The van der Waals surface area contributed by atoms with Crippen molar-refractivity contribution in [2.24, 2.45) is 5.92 Å². The monoisotopic (exact) mass is 308 g/mol. The highest BCUT2D eigenvalue weighted by atomic mass is 16.5. The quantitative estimate of drug-likeness (QED) is 0.720. The first-order valence-electron chi connectivity index (χ1n) is 8.91. The smallest absolute Gasteiger partial charge is 0.340 e. The maximum atomic E-state index is 6.56. The van der Waals surface area contributed by atoms with Crippen LogP contribution in [0, 0.1) is 5.92 Å². The molecule has 4 rings (SSSR count). The molecule has 1 aromatic carbocycles. The van der Waals surface area contributed by atoms with Crippen LogP contribution >= 0.6 is 0 Å². The molecular formula is C21H26NO+. The van der Waals surface area contributed by atoms with Crippen LogP contribution in [0.15, 0.2) is 42.0 Å². The number of hydrogen-bond acceptors (Lipinski definition) is 1. The summed E-state index contributed by atoms with van der Waals surface area (Å²) in [5.41, 5.74) is 5.63. The highest BCUT2D eigenvalue weighted by Gasteiger charge is 2.52. The molecule has 0 unspecified atom stereocenters. The van der Waals surface area contributed by atoms with E-state index in [9.17, 15) is 0 Å².